The summed E-state index contributed by atoms with van der Waals surface area (Å²) < 4.78 is 0. The number of rotatable bonds is 8. The number of amides is 2. The van der Waals surface area contributed by atoms with Crippen molar-refractivity contribution in [3.05, 3.63) is 22.4 Å². The first-order valence-electron chi connectivity index (χ1n) is 6.78. The van der Waals surface area contributed by atoms with Gasteiger partial charge in [-0.25, -0.2) is 0 Å². The summed E-state index contributed by atoms with van der Waals surface area (Å²) in [7, 11) is 0. The number of carboxylic acids is 1. The van der Waals surface area contributed by atoms with Crippen molar-refractivity contribution in [2.45, 2.75) is 20.3 Å². The molecule has 116 valence electrons. The average molecular weight is 312 g/mol. The summed E-state index contributed by atoms with van der Waals surface area (Å²) in [6.45, 7) is 4.25. The van der Waals surface area contributed by atoms with E-state index in [1.54, 1.807) is 26.0 Å². The molecule has 0 saturated carbocycles. The fourth-order valence-electron chi connectivity index (χ4n) is 1.75. The van der Waals surface area contributed by atoms with Gasteiger partial charge in [-0.15, -0.1) is 11.3 Å². The number of nitrogens with zero attached hydrogens (tertiary/aromatic N) is 1. The van der Waals surface area contributed by atoms with Crippen LogP contribution in [0.3, 0.4) is 0 Å². The van der Waals surface area contributed by atoms with Gasteiger partial charge < -0.3 is 15.3 Å². The maximum atomic E-state index is 12.0. The number of aliphatic carboxylic acids is 1. The molecule has 7 heteroatoms. The molecule has 0 aliphatic carbocycles. The third kappa shape index (κ3) is 5.55. The summed E-state index contributed by atoms with van der Waals surface area (Å²) in [6.07, 6.45) is 0.164. The molecule has 21 heavy (non-hydrogen) atoms. The maximum absolute atomic E-state index is 12.0. The van der Waals surface area contributed by atoms with Gasteiger partial charge in [0.05, 0.1) is 10.8 Å². The Balaban J connectivity index is 2.37. The van der Waals surface area contributed by atoms with Crippen LogP contribution in [0.25, 0.3) is 0 Å². The third-order valence-corrected chi connectivity index (χ3v) is 3.89. The minimum atomic E-state index is -0.924. The first kappa shape index (κ1) is 17.2. The standard InChI is InChI=1S/C14H20N2O4S/c1-3-16(9-10(2)14(19)20)12(17)6-7-15-13(18)11-5-4-8-21-11/h4-5,8,10H,3,6-7,9H2,1-2H3,(H,15,18)(H,19,20). The normalized spacial score (nSPS) is 11.7. The lowest BCUT2D eigenvalue weighted by atomic mass is 10.1. The van der Waals surface area contributed by atoms with Crippen molar-refractivity contribution in [3.63, 3.8) is 0 Å². The number of hydrogen-bond donors (Lipinski definition) is 2. The summed E-state index contributed by atoms with van der Waals surface area (Å²) in [4.78, 5) is 36.6. The number of carbonyl (C=O) groups excluding carboxylic acids is 2. The van der Waals surface area contributed by atoms with Gasteiger partial charge >= 0.3 is 5.97 Å². The topological polar surface area (TPSA) is 86.7 Å². The molecule has 6 nitrogen and oxygen atoms in total. The maximum Gasteiger partial charge on any atom is 0.308 e. The minimum Gasteiger partial charge on any atom is -0.481 e. The second-order valence-electron chi connectivity index (χ2n) is 4.65. The van der Waals surface area contributed by atoms with E-state index in [-0.39, 0.29) is 31.3 Å². The second kappa shape index (κ2) is 8.41. The smallest absolute Gasteiger partial charge is 0.308 e. The van der Waals surface area contributed by atoms with Crippen molar-refractivity contribution >= 4 is 29.1 Å². The van der Waals surface area contributed by atoms with Crippen LogP contribution in [-0.2, 0) is 9.59 Å². The Bertz CT molecular complexity index is 487. The van der Waals surface area contributed by atoms with Crippen molar-refractivity contribution in [3.8, 4) is 0 Å². The number of hydrogen-bond acceptors (Lipinski definition) is 4. The Morgan fingerprint density at radius 3 is 2.67 bits per heavy atom. The highest BCUT2D eigenvalue weighted by molar-refractivity contribution is 7.12. The molecule has 2 amide bonds. The molecule has 2 N–H and O–H groups in total. The zero-order valence-electron chi connectivity index (χ0n) is 12.2. The molecule has 1 unspecified atom stereocenters. The van der Waals surface area contributed by atoms with Gasteiger partial charge in [0.25, 0.3) is 5.91 Å². The molecule has 1 aromatic rings. The van der Waals surface area contributed by atoms with Crippen molar-refractivity contribution in [2.75, 3.05) is 19.6 Å². The van der Waals surface area contributed by atoms with Gasteiger partial charge in [0.15, 0.2) is 0 Å². The van der Waals surface area contributed by atoms with Gasteiger partial charge in [0.1, 0.15) is 0 Å². The van der Waals surface area contributed by atoms with E-state index in [1.807, 2.05) is 5.38 Å². The third-order valence-electron chi connectivity index (χ3n) is 3.02. The highest BCUT2D eigenvalue weighted by Crippen LogP contribution is 2.08. The molecule has 0 fully saturated rings. The zero-order valence-corrected chi connectivity index (χ0v) is 13.0. The summed E-state index contributed by atoms with van der Waals surface area (Å²) >= 11 is 1.34. The monoisotopic (exact) mass is 312 g/mol. The van der Waals surface area contributed by atoms with Crippen LogP contribution >= 0.6 is 11.3 Å². The molecule has 0 saturated heterocycles. The van der Waals surface area contributed by atoms with Crippen LogP contribution in [-0.4, -0.2) is 47.4 Å². The average Bonchev–Trinajstić information content (AvgIpc) is 2.98. The quantitative estimate of drug-likeness (QED) is 0.760. The fraction of sp³-hybridized carbons (Fsp3) is 0.500. The number of thiophene rings is 1. The number of carboxylic acid groups (broad SMARTS) is 1. The SMILES string of the molecule is CCN(CC(C)C(=O)O)C(=O)CCNC(=O)c1cccs1. The van der Waals surface area contributed by atoms with Crippen molar-refractivity contribution in [2.24, 2.45) is 5.92 Å². The molecular formula is C14H20N2O4S. The second-order valence-corrected chi connectivity index (χ2v) is 5.60. The van der Waals surface area contributed by atoms with Gasteiger partial charge in [-0.2, -0.15) is 0 Å². The van der Waals surface area contributed by atoms with Crippen molar-refractivity contribution in [1.82, 2.24) is 10.2 Å². The minimum absolute atomic E-state index is 0.155. The molecule has 0 aliphatic rings. The van der Waals surface area contributed by atoms with E-state index in [4.69, 9.17) is 5.11 Å². The van der Waals surface area contributed by atoms with Crippen LogP contribution in [0.4, 0.5) is 0 Å². The van der Waals surface area contributed by atoms with E-state index in [0.717, 1.165) is 0 Å². The number of nitrogens with one attached hydrogen (secondary N) is 1. The van der Waals surface area contributed by atoms with Crippen molar-refractivity contribution < 1.29 is 19.5 Å². The van der Waals surface area contributed by atoms with E-state index in [9.17, 15) is 14.4 Å². The predicted octanol–water partition coefficient (Wildman–Crippen LogP) is 1.44. The highest BCUT2D eigenvalue weighted by atomic mass is 32.1. The number of carbonyl (C=O) groups is 3. The molecule has 1 rings (SSSR count). The Kier molecular flexibility index (Phi) is 6.87. The Hall–Kier alpha value is -1.89. The van der Waals surface area contributed by atoms with Crippen LogP contribution in [0.1, 0.15) is 29.9 Å². The lowest BCUT2D eigenvalue weighted by Gasteiger charge is -2.23. The summed E-state index contributed by atoms with van der Waals surface area (Å²) in [6, 6.07) is 3.51. The largest absolute Gasteiger partial charge is 0.481 e. The lowest BCUT2D eigenvalue weighted by molar-refractivity contribution is -0.143. The molecule has 1 heterocycles. The molecule has 0 spiro atoms. The van der Waals surface area contributed by atoms with E-state index < -0.39 is 11.9 Å². The van der Waals surface area contributed by atoms with E-state index in [0.29, 0.717) is 11.4 Å². The van der Waals surface area contributed by atoms with Crippen molar-refractivity contribution in [1.29, 1.82) is 0 Å². The summed E-state index contributed by atoms with van der Waals surface area (Å²) in [5.74, 6) is -1.88. The first-order chi connectivity index (χ1) is 9.95. The van der Waals surface area contributed by atoms with E-state index in [2.05, 4.69) is 5.32 Å². The van der Waals surface area contributed by atoms with Gasteiger partial charge in [-0.1, -0.05) is 13.0 Å². The fourth-order valence-corrected chi connectivity index (χ4v) is 2.39. The Labute approximate surface area is 127 Å². The molecule has 0 radical (unpaired) electrons. The zero-order chi connectivity index (χ0) is 15.8. The van der Waals surface area contributed by atoms with Crippen LogP contribution in [0, 0.1) is 5.92 Å². The van der Waals surface area contributed by atoms with Crippen LogP contribution < -0.4 is 5.32 Å². The van der Waals surface area contributed by atoms with Crippen LogP contribution in [0.5, 0.6) is 0 Å². The van der Waals surface area contributed by atoms with Crippen LogP contribution in [0.2, 0.25) is 0 Å². The summed E-state index contributed by atoms with van der Waals surface area (Å²) in [5, 5.41) is 13.4. The lowest BCUT2D eigenvalue weighted by Crippen LogP contribution is -2.38. The molecule has 0 aliphatic heterocycles. The summed E-state index contributed by atoms with van der Waals surface area (Å²) in [5.41, 5.74) is 0. The van der Waals surface area contributed by atoms with E-state index >= 15 is 0 Å². The van der Waals surface area contributed by atoms with E-state index in [1.165, 1.54) is 16.2 Å². The predicted molar refractivity (Wildman–Crippen MR) is 80.3 cm³/mol. The molecule has 0 aromatic carbocycles. The Morgan fingerprint density at radius 1 is 1.43 bits per heavy atom. The molecule has 1 atom stereocenters. The van der Waals surface area contributed by atoms with Gasteiger partial charge in [0, 0.05) is 26.1 Å². The molecule has 1 aromatic heterocycles. The molecule has 0 bridgehead atoms. The molecular weight excluding hydrogens is 292 g/mol. The highest BCUT2D eigenvalue weighted by Gasteiger charge is 2.19. The Morgan fingerprint density at radius 2 is 2.14 bits per heavy atom. The van der Waals surface area contributed by atoms with Gasteiger partial charge in [0.2, 0.25) is 5.91 Å². The first-order valence-corrected chi connectivity index (χ1v) is 7.66. The van der Waals surface area contributed by atoms with Gasteiger partial charge in [-0.3, -0.25) is 14.4 Å². The van der Waals surface area contributed by atoms with Crippen LogP contribution in [0.15, 0.2) is 17.5 Å². The van der Waals surface area contributed by atoms with Gasteiger partial charge in [-0.05, 0) is 18.4 Å².